The average molecular weight is 387 g/mol. The van der Waals surface area contributed by atoms with E-state index in [4.69, 9.17) is 0 Å². The molecule has 3 N–H and O–H groups in total. The van der Waals surface area contributed by atoms with Gasteiger partial charge in [0.25, 0.3) is 0 Å². The molecule has 0 aromatic rings. The minimum atomic E-state index is -0.000598. The van der Waals surface area contributed by atoms with Crippen molar-refractivity contribution in [3.8, 4) is 0 Å². The molecule has 2 amide bonds. The molecular formula is C23H34N2O3. The van der Waals surface area contributed by atoms with Crippen LogP contribution < -0.4 is 10.6 Å². The van der Waals surface area contributed by atoms with Crippen molar-refractivity contribution in [3.05, 3.63) is 24.0 Å². The molecule has 4 aliphatic carbocycles. The molecule has 0 heterocycles. The molecule has 28 heavy (non-hydrogen) atoms. The highest BCUT2D eigenvalue weighted by molar-refractivity contribution is 5.74. The van der Waals surface area contributed by atoms with E-state index >= 15 is 0 Å². The summed E-state index contributed by atoms with van der Waals surface area (Å²) in [5.41, 5.74) is 0.159. The predicted octanol–water partition coefficient (Wildman–Crippen LogP) is 3.48. The Bertz CT molecular complexity index is 744. The zero-order valence-corrected chi connectivity index (χ0v) is 17.5. The van der Waals surface area contributed by atoms with E-state index in [1.807, 2.05) is 0 Å². The number of hydrogen-bond donors (Lipinski definition) is 3. The normalized spacial score (nSPS) is 46.6. The number of fused-ring (bicyclic) bond motifs is 5. The molecule has 5 nitrogen and oxygen atoms in total. The number of amides is 2. The quantitative estimate of drug-likeness (QED) is 0.636. The van der Waals surface area contributed by atoms with Gasteiger partial charge in [-0.15, -0.1) is 0 Å². The van der Waals surface area contributed by atoms with Gasteiger partial charge in [-0.05, 0) is 66.3 Å². The van der Waals surface area contributed by atoms with Crippen molar-refractivity contribution in [1.82, 2.24) is 10.6 Å². The van der Waals surface area contributed by atoms with E-state index in [2.05, 4.69) is 42.7 Å². The summed E-state index contributed by atoms with van der Waals surface area (Å²) < 4.78 is 0. The summed E-state index contributed by atoms with van der Waals surface area (Å²) in [7, 11) is 0. The van der Waals surface area contributed by atoms with Gasteiger partial charge < -0.3 is 15.7 Å². The van der Waals surface area contributed by atoms with E-state index in [0.29, 0.717) is 29.4 Å². The Balaban J connectivity index is 1.71. The van der Waals surface area contributed by atoms with Gasteiger partial charge in [-0.2, -0.15) is 0 Å². The SMILES string of the molecule is CC(=O)N[C@H]1C[C@@H]2C=C(O)CC[C@]2(C)[C@H]2CC[C@]3(C)[C@@H](NC(C)=O)C=C[C@H]3[C@H]12. The van der Waals surface area contributed by atoms with Crippen molar-refractivity contribution in [2.75, 3.05) is 0 Å². The maximum atomic E-state index is 12.0. The van der Waals surface area contributed by atoms with E-state index in [1.165, 1.54) is 0 Å². The third-order valence-corrected chi connectivity index (χ3v) is 8.58. The lowest BCUT2D eigenvalue weighted by Crippen LogP contribution is -2.62. The Morgan fingerprint density at radius 2 is 1.79 bits per heavy atom. The molecular weight excluding hydrogens is 352 g/mol. The topological polar surface area (TPSA) is 78.4 Å². The summed E-state index contributed by atoms with van der Waals surface area (Å²) in [4.78, 5) is 23.8. The van der Waals surface area contributed by atoms with Gasteiger partial charge >= 0.3 is 0 Å². The summed E-state index contributed by atoms with van der Waals surface area (Å²) in [6.07, 6.45) is 11.4. The van der Waals surface area contributed by atoms with Crippen molar-refractivity contribution in [2.24, 2.45) is 34.5 Å². The number of rotatable bonds is 2. The molecule has 0 saturated heterocycles. The number of aliphatic hydroxyl groups excluding tert-OH is 1. The summed E-state index contributed by atoms with van der Waals surface area (Å²) in [5.74, 6) is 2.07. The Morgan fingerprint density at radius 1 is 1.07 bits per heavy atom. The number of nitrogens with one attached hydrogen (secondary N) is 2. The summed E-state index contributed by atoms with van der Waals surface area (Å²) in [6, 6.07) is 0.169. The third-order valence-electron chi connectivity index (χ3n) is 8.58. The molecule has 0 bridgehead atoms. The highest BCUT2D eigenvalue weighted by atomic mass is 16.3. The Morgan fingerprint density at radius 3 is 2.46 bits per heavy atom. The van der Waals surface area contributed by atoms with Gasteiger partial charge in [-0.3, -0.25) is 9.59 Å². The molecule has 0 spiro atoms. The van der Waals surface area contributed by atoms with Gasteiger partial charge in [0, 0.05) is 26.3 Å². The van der Waals surface area contributed by atoms with Crippen LogP contribution in [0.15, 0.2) is 24.0 Å². The van der Waals surface area contributed by atoms with E-state index in [9.17, 15) is 14.7 Å². The predicted molar refractivity (Wildman–Crippen MR) is 108 cm³/mol. The fraction of sp³-hybridized carbons (Fsp3) is 0.739. The van der Waals surface area contributed by atoms with Crippen molar-refractivity contribution < 1.29 is 14.7 Å². The van der Waals surface area contributed by atoms with Crippen LogP contribution >= 0.6 is 0 Å². The number of hydrogen-bond acceptors (Lipinski definition) is 3. The first kappa shape index (κ1) is 19.5. The van der Waals surface area contributed by atoms with Crippen LogP contribution in [0.25, 0.3) is 0 Å². The molecule has 4 rings (SSSR count). The van der Waals surface area contributed by atoms with Crippen LogP contribution in [0, 0.1) is 34.5 Å². The first-order chi connectivity index (χ1) is 13.1. The molecule has 0 radical (unpaired) electrons. The molecule has 0 aliphatic heterocycles. The second kappa shape index (κ2) is 6.64. The van der Waals surface area contributed by atoms with Crippen molar-refractivity contribution in [1.29, 1.82) is 0 Å². The highest BCUT2D eigenvalue weighted by Crippen LogP contribution is 2.64. The van der Waals surface area contributed by atoms with Crippen LogP contribution in [0.1, 0.15) is 59.8 Å². The van der Waals surface area contributed by atoms with Crippen molar-refractivity contribution in [2.45, 2.75) is 71.9 Å². The van der Waals surface area contributed by atoms with Crippen LogP contribution in [0.5, 0.6) is 0 Å². The van der Waals surface area contributed by atoms with E-state index in [-0.39, 0.29) is 34.7 Å². The van der Waals surface area contributed by atoms with Crippen molar-refractivity contribution in [3.63, 3.8) is 0 Å². The molecule has 5 heteroatoms. The lowest BCUT2D eigenvalue weighted by molar-refractivity contribution is -0.128. The average Bonchev–Trinajstić information content (AvgIpc) is 2.92. The number of carbonyl (C=O) groups is 2. The molecule has 154 valence electrons. The van der Waals surface area contributed by atoms with Gasteiger partial charge in [-0.25, -0.2) is 0 Å². The minimum Gasteiger partial charge on any atom is -0.513 e. The zero-order valence-electron chi connectivity index (χ0n) is 17.5. The van der Waals surface area contributed by atoms with Gasteiger partial charge in [-0.1, -0.05) is 26.0 Å². The fourth-order valence-corrected chi connectivity index (χ4v) is 7.14. The Kier molecular flexibility index (Phi) is 4.63. The second-order valence-electron chi connectivity index (χ2n) is 10.1. The second-order valence-corrected chi connectivity index (χ2v) is 10.1. The minimum absolute atomic E-state index is 0.000598. The standard InChI is InChI=1S/C23H34N2O3/c1-13(26)24-19-12-15-11-16(28)7-9-22(15,3)18-8-10-23(4)17(21(18)19)5-6-20(23)25-14(2)27/h5-6,11,15,17-21,28H,7-10,12H2,1-4H3,(H,24,26)(H,25,27)/t15-,17-,18-,19-,20-,21-,22-,23-/m0/s1. The highest BCUT2D eigenvalue weighted by Gasteiger charge is 2.61. The van der Waals surface area contributed by atoms with Gasteiger partial charge in [0.1, 0.15) is 0 Å². The van der Waals surface area contributed by atoms with Crippen LogP contribution in [0.4, 0.5) is 0 Å². The van der Waals surface area contributed by atoms with Gasteiger partial charge in [0.2, 0.25) is 11.8 Å². The molecule has 0 aromatic heterocycles. The third kappa shape index (κ3) is 2.89. The van der Waals surface area contributed by atoms with Crippen LogP contribution in [0.2, 0.25) is 0 Å². The van der Waals surface area contributed by atoms with Gasteiger partial charge in [0.15, 0.2) is 0 Å². The van der Waals surface area contributed by atoms with Crippen LogP contribution in [-0.2, 0) is 9.59 Å². The lowest BCUT2D eigenvalue weighted by atomic mass is 9.44. The van der Waals surface area contributed by atoms with Crippen LogP contribution in [0.3, 0.4) is 0 Å². The maximum absolute atomic E-state index is 12.0. The maximum Gasteiger partial charge on any atom is 0.217 e. The first-order valence-corrected chi connectivity index (χ1v) is 10.8. The van der Waals surface area contributed by atoms with Crippen molar-refractivity contribution >= 4 is 11.8 Å². The molecule has 2 saturated carbocycles. The molecule has 0 aromatic carbocycles. The molecule has 2 fully saturated rings. The largest absolute Gasteiger partial charge is 0.513 e. The Hall–Kier alpha value is -1.78. The smallest absolute Gasteiger partial charge is 0.217 e. The summed E-state index contributed by atoms with van der Waals surface area (Å²) in [5, 5.41) is 16.6. The lowest BCUT2D eigenvalue weighted by Gasteiger charge is -2.61. The summed E-state index contributed by atoms with van der Waals surface area (Å²) in [6.45, 7) is 7.89. The van der Waals surface area contributed by atoms with E-state index in [0.717, 1.165) is 32.1 Å². The number of carbonyl (C=O) groups excluding carboxylic acids is 2. The first-order valence-electron chi connectivity index (χ1n) is 10.8. The molecule has 0 unspecified atom stereocenters. The van der Waals surface area contributed by atoms with Gasteiger partial charge in [0.05, 0.1) is 11.8 Å². The fourth-order valence-electron chi connectivity index (χ4n) is 7.14. The zero-order chi connectivity index (χ0) is 20.3. The van der Waals surface area contributed by atoms with Crippen LogP contribution in [-0.4, -0.2) is 29.0 Å². The summed E-state index contributed by atoms with van der Waals surface area (Å²) >= 11 is 0. The molecule has 4 aliphatic rings. The number of aliphatic hydroxyl groups is 1. The monoisotopic (exact) mass is 386 g/mol. The Labute approximate surface area is 168 Å². The molecule has 8 atom stereocenters. The van der Waals surface area contributed by atoms with E-state index < -0.39 is 0 Å². The van der Waals surface area contributed by atoms with E-state index in [1.54, 1.807) is 13.8 Å². The number of allylic oxidation sites excluding steroid dienone is 3.